The molecule has 0 bridgehead atoms. The molecule has 1 aromatic carbocycles. The van der Waals surface area contributed by atoms with Crippen LogP contribution in [0.15, 0.2) is 29.2 Å². The lowest BCUT2D eigenvalue weighted by molar-refractivity contribution is 0.629. The third-order valence-corrected chi connectivity index (χ3v) is 5.00. The number of fused-ring (bicyclic) bond motifs is 1. The summed E-state index contributed by atoms with van der Waals surface area (Å²) in [5.41, 5.74) is 1.41. The van der Waals surface area contributed by atoms with Gasteiger partial charge in [-0.1, -0.05) is 37.7 Å². The van der Waals surface area contributed by atoms with E-state index in [1.165, 1.54) is 10.6 Å². The second-order valence-corrected chi connectivity index (χ2v) is 6.51. The van der Waals surface area contributed by atoms with Gasteiger partial charge in [0.05, 0.1) is 5.69 Å². The first-order valence-electron chi connectivity index (χ1n) is 5.27. The van der Waals surface area contributed by atoms with E-state index in [0.717, 1.165) is 6.54 Å². The van der Waals surface area contributed by atoms with Crippen LogP contribution in [0.25, 0.3) is 0 Å². The lowest BCUT2D eigenvalue weighted by atomic mass is 10.2. The number of hydrogen-bond donors (Lipinski definition) is 0. The van der Waals surface area contributed by atoms with Gasteiger partial charge < -0.3 is 4.90 Å². The van der Waals surface area contributed by atoms with Crippen molar-refractivity contribution in [3.8, 4) is 0 Å². The van der Waals surface area contributed by atoms with Gasteiger partial charge in [-0.3, -0.25) is 0 Å². The van der Waals surface area contributed by atoms with Gasteiger partial charge in [0, 0.05) is 11.4 Å². The predicted molar refractivity (Wildman–Crippen MR) is 71.8 cm³/mol. The Bertz CT molecular complexity index is 338. The molecule has 0 radical (unpaired) electrons. The van der Waals surface area contributed by atoms with Crippen LogP contribution in [0.3, 0.4) is 0 Å². The highest BCUT2D eigenvalue weighted by molar-refractivity contribution is 8.17. The molecular formula is C12H17NS2. The Labute approximate surface area is 101 Å². The SMILES string of the molecule is CSC1Sc2ccccc2N1CC(C)C. The average molecular weight is 239 g/mol. The van der Waals surface area contributed by atoms with Crippen molar-refractivity contribution in [2.24, 2.45) is 5.92 Å². The molecule has 1 aliphatic rings. The molecule has 1 nitrogen and oxygen atoms in total. The number of nitrogens with zero attached hydrogens (tertiary/aromatic N) is 1. The van der Waals surface area contributed by atoms with Crippen LogP contribution < -0.4 is 4.90 Å². The standard InChI is InChI=1S/C12H17NS2/c1-9(2)8-13-10-6-4-5-7-11(10)15-12(13)14-3/h4-7,9,12H,8H2,1-3H3. The lowest BCUT2D eigenvalue weighted by Gasteiger charge is -2.26. The summed E-state index contributed by atoms with van der Waals surface area (Å²) in [6.07, 6.45) is 2.19. The summed E-state index contributed by atoms with van der Waals surface area (Å²) in [5.74, 6) is 0.714. The predicted octanol–water partition coefficient (Wildman–Crippen LogP) is 3.90. The highest BCUT2D eigenvalue weighted by Gasteiger charge is 2.29. The van der Waals surface area contributed by atoms with Crippen LogP contribution in [-0.4, -0.2) is 17.5 Å². The minimum Gasteiger partial charge on any atom is -0.349 e. The minimum absolute atomic E-state index is 0.560. The first kappa shape index (κ1) is 11.2. The van der Waals surface area contributed by atoms with E-state index in [1.54, 1.807) is 0 Å². The Morgan fingerprint density at radius 1 is 1.40 bits per heavy atom. The molecular weight excluding hydrogens is 222 g/mol. The van der Waals surface area contributed by atoms with Crippen LogP contribution in [0.1, 0.15) is 13.8 Å². The van der Waals surface area contributed by atoms with Crippen molar-refractivity contribution in [1.29, 1.82) is 0 Å². The van der Waals surface area contributed by atoms with Gasteiger partial charge in [0.1, 0.15) is 4.71 Å². The number of anilines is 1. The second kappa shape index (κ2) is 4.71. The van der Waals surface area contributed by atoms with Crippen molar-refractivity contribution in [3.05, 3.63) is 24.3 Å². The summed E-state index contributed by atoms with van der Waals surface area (Å²) in [4.78, 5) is 3.95. The largest absolute Gasteiger partial charge is 0.349 e. The van der Waals surface area contributed by atoms with E-state index in [-0.39, 0.29) is 0 Å². The fraction of sp³-hybridized carbons (Fsp3) is 0.500. The van der Waals surface area contributed by atoms with Crippen molar-refractivity contribution in [1.82, 2.24) is 0 Å². The smallest absolute Gasteiger partial charge is 0.126 e. The maximum absolute atomic E-state index is 2.52. The van der Waals surface area contributed by atoms with Crippen molar-refractivity contribution < 1.29 is 0 Å². The molecule has 2 rings (SSSR count). The van der Waals surface area contributed by atoms with Crippen LogP contribution >= 0.6 is 23.5 Å². The van der Waals surface area contributed by atoms with Gasteiger partial charge in [-0.25, -0.2) is 0 Å². The van der Waals surface area contributed by atoms with Crippen LogP contribution in [0.4, 0.5) is 5.69 Å². The quantitative estimate of drug-likeness (QED) is 0.787. The molecule has 0 aliphatic carbocycles. The lowest BCUT2D eigenvalue weighted by Crippen LogP contribution is -2.30. The first-order chi connectivity index (χ1) is 7.22. The van der Waals surface area contributed by atoms with Gasteiger partial charge in [0.2, 0.25) is 0 Å². The molecule has 0 saturated carbocycles. The van der Waals surface area contributed by atoms with Crippen LogP contribution in [-0.2, 0) is 0 Å². The highest BCUT2D eigenvalue weighted by Crippen LogP contribution is 2.46. The molecule has 1 aliphatic heterocycles. The number of para-hydroxylation sites is 1. The minimum atomic E-state index is 0.560. The van der Waals surface area contributed by atoms with E-state index in [9.17, 15) is 0 Å². The van der Waals surface area contributed by atoms with Crippen LogP contribution in [0, 0.1) is 5.92 Å². The summed E-state index contributed by atoms with van der Waals surface area (Å²) in [7, 11) is 0. The zero-order chi connectivity index (χ0) is 10.8. The molecule has 0 N–H and O–H groups in total. The van der Waals surface area contributed by atoms with E-state index in [4.69, 9.17) is 0 Å². The van der Waals surface area contributed by atoms with Crippen LogP contribution in [0.2, 0.25) is 0 Å². The summed E-state index contributed by atoms with van der Waals surface area (Å²) in [6.45, 7) is 5.71. The molecule has 0 aromatic heterocycles. The van der Waals surface area contributed by atoms with E-state index in [0.29, 0.717) is 10.6 Å². The molecule has 1 atom stereocenters. The second-order valence-electron chi connectivity index (χ2n) is 4.17. The first-order valence-corrected chi connectivity index (χ1v) is 7.44. The van der Waals surface area contributed by atoms with E-state index in [1.807, 2.05) is 23.5 Å². The summed E-state index contributed by atoms with van der Waals surface area (Å²) in [5, 5.41) is 0. The van der Waals surface area contributed by atoms with Gasteiger partial charge in [-0.15, -0.1) is 11.8 Å². The normalized spacial score (nSPS) is 19.7. The molecule has 0 saturated heterocycles. The number of hydrogen-bond acceptors (Lipinski definition) is 3. The number of thioether (sulfide) groups is 2. The fourth-order valence-corrected chi connectivity index (χ4v) is 3.99. The number of benzene rings is 1. The molecule has 0 spiro atoms. The van der Waals surface area contributed by atoms with Gasteiger partial charge in [0.25, 0.3) is 0 Å². The Morgan fingerprint density at radius 2 is 2.13 bits per heavy atom. The van der Waals surface area contributed by atoms with E-state index in [2.05, 4.69) is 49.3 Å². The fourth-order valence-electron chi connectivity index (χ4n) is 1.83. The molecule has 82 valence electrons. The molecule has 1 aromatic rings. The third-order valence-electron chi connectivity index (χ3n) is 2.42. The molecule has 0 amide bonds. The van der Waals surface area contributed by atoms with Crippen molar-refractivity contribution in [3.63, 3.8) is 0 Å². The zero-order valence-corrected chi connectivity index (χ0v) is 11.1. The molecule has 15 heavy (non-hydrogen) atoms. The Morgan fingerprint density at radius 3 is 2.80 bits per heavy atom. The van der Waals surface area contributed by atoms with Crippen molar-refractivity contribution in [2.75, 3.05) is 17.7 Å². The molecule has 3 heteroatoms. The van der Waals surface area contributed by atoms with Crippen molar-refractivity contribution in [2.45, 2.75) is 23.4 Å². The number of rotatable bonds is 3. The zero-order valence-electron chi connectivity index (χ0n) is 9.43. The highest BCUT2D eigenvalue weighted by atomic mass is 32.2. The van der Waals surface area contributed by atoms with Gasteiger partial charge in [-0.2, -0.15) is 0 Å². The third kappa shape index (κ3) is 2.28. The van der Waals surface area contributed by atoms with Crippen molar-refractivity contribution >= 4 is 29.2 Å². The summed E-state index contributed by atoms with van der Waals surface area (Å²) in [6, 6.07) is 8.72. The monoisotopic (exact) mass is 239 g/mol. The van der Waals surface area contributed by atoms with Gasteiger partial charge in [0.15, 0.2) is 0 Å². The van der Waals surface area contributed by atoms with Gasteiger partial charge in [-0.05, 0) is 24.3 Å². The van der Waals surface area contributed by atoms with Crippen LogP contribution in [0.5, 0.6) is 0 Å². The van der Waals surface area contributed by atoms with E-state index >= 15 is 0 Å². The maximum atomic E-state index is 2.52. The molecule has 0 fully saturated rings. The Kier molecular flexibility index (Phi) is 3.52. The maximum Gasteiger partial charge on any atom is 0.126 e. The molecule has 1 heterocycles. The topological polar surface area (TPSA) is 3.24 Å². The average Bonchev–Trinajstić information content (AvgIpc) is 2.56. The molecule has 1 unspecified atom stereocenters. The summed E-state index contributed by atoms with van der Waals surface area (Å²) >= 11 is 3.90. The van der Waals surface area contributed by atoms with Gasteiger partial charge >= 0.3 is 0 Å². The summed E-state index contributed by atoms with van der Waals surface area (Å²) < 4.78 is 0.560. The Balaban J connectivity index is 2.25. The van der Waals surface area contributed by atoms with E-state index < -0.39 is 0 Å². The Hall–Kier alpha value is -0.280.